The fourth-order valence-electron chi connectivity index (χ4n) is 2.67. The first-order valence-corrected chi connectivity index (χ1v) is 8.04. The molecule has 9 heteroatoms. The molecule has 0 spiro atoms. The molecule has 9 nitrogen and oxygen atoms in total. The van der Waals surface area contributed by atoms with Crippen LogP contribution in [0.3, 0.4) is 0 Å². The van der Waals surface area contributed by atoms with Crippen LogP contribution in [0.25, 0.3) is 0 Å². The minimum atomic E-state index is -1.07. The van der Waals surface area contributed by atoms with Gasteiger partial charge in [0.05, 0.1) is 29.6 Å². The predicted octanol–water partition coefficient (Wildman–Crippen LogP) is 2.04. The van der Waals surface area contributed by atoms with Crippen molar-refractivity contribution in [3.8, 4) is 0 Å². The van der Waals surface area contributed by atoms with Gasteiger partial charge in [0.25, 0.3) is 5.69 Å². The zero-order valence-electron chi connectivity index (χ0n) is 14.6. The Morgan fingerprint density at radius 2 is 1.81 bits per heavy atom. The number of nitro groups is 1. The van der Waals surface area contributed by atoms with Crippen molar-refractivity contribution in [1.29, 1.82) is 0 Å². The number of esters is 2. The van der Waals surface area contributed by atoms with E-state index in [2.05, 4.69) is 10.5 Å². The second-order valence-corrected chi connectivity index (χ2v) is 5.34. The van der Waals surface area contributed by atoms with Gasteiger partial charge in [-0.25, -0.2) is 9.59 Å². The maximum atomic E-state index is 12.5. The van der Waals surface area contributed by atoms with Crippen LogP contribution in [0, 0.1) is 10.1 Å². The van der Waals surface area contributed by atoms with Crippen molar-refractivity contribution < 1.29 is 24.0 Å². The van der Waals surface area contributed by atoms with Gasteiger partial charge in [-0.2, -0.15) is 5.10 Å². The highest BCUT2D eigenvalue weighted by molar-refractivity contribution is 6.40. The van der Waals surface area contributed by atoms with Crippen molar-refractivity contribution in [3.63, 3.8) is 0 Å². The summed E-state index contributed by atoms with van der Waals surface area (Å²) in [5.41, 5.74) is 2.82. The molecule has 1 aromatic carbocycles. The zero-order chi connectivity index (χ0) is 19.3. The summed E-state index contributed by atoms with van der Waals surface area (Å²) >= 11 is 0. The number of ether oxygens (including phenoxy) is 2. The normalized spacial score (nSPS) is 16.4. The van der Waals surface area contributed by atoms with Crippen LogP contribution in [0.5, 0.6) is 0 Å². The molecule has 0 radical (unpaired) electrons. The molecule has 26 heavy (non-hydrogen) atoms. The van der Waals surface area contributed by atoms with Crippen LogP contribution in [-0.2, 0) is 19.1 Å². The summed E-state index contributed by atoms with van der Waals surface area (Å²) in [4.78, 5) is 35.7. The Bertz CT molecular complexity index is 799. The number of hydrogen-bond acceptors (Lipinski definition) is 8. The predicted molar refractivity (Wildman–Crippen MR) is 92.4 cm³/mol. The standard InChI is InChI=1S/C17H19N3O6/c1-4-25-16(21)13-10(3)18-19-15(17(22)26-5-2)14(13)11-8-6-7-9-12(11)20(23)24/h6-9,14,18H,4-5H2,1-3H3. The van der Waals surface area contributed by atoms with E-state index in [4.69, 9.17) is 9.47 Å². The quantitative estimate of drug-likeness (QED) is 0.467. The van der Waals surface area contributed by atoms with Crippen LogP contribution in [0.4, 0.5) is 5.69 Å². The molecule has 0 amide bonds. The van der Waals surface area contributed by atoms with E-state index in [-0.39, 0.29) is 35.7 Å². The number of nitrogens with one attached hydrogen (secondary N) is 1. The highest BCUT2D eigenvalue weighted by Crippen LogP contribution is 2.36. The summed E-state index contributed by atoms with van der Waals surface area (Å²) in [6, 6.07) is 5.88. The lowest BCUT2D eigenvalue weighted by Gasteiger charge is -2.26. The number of para-hydroxylation sites is 1. The van der Waals surface area contributed by atoms with E-state index < -0.39 is 22.8 Å². The third-order valence-corrected chi connectivity index (χ3v) is 3.73. The molecule has 0 aromatic heterocycles. The zero-order valence-corrected chi connectivity index (χ0v) is 14.6. The van der Waals surface area contributed by atoms with E-state index >= 15 is 0 Å². The third kappa shape index (κ3) is 3.71. The summed E-state index contributed by atoms with van der Waals surface area (Å²) in [5, 5.41) is 15.4. The second-order valence-electron chi connectivity index (χ2n) is 5.34. The lowest BCUT2D eigenvalue weighted by molar-refractivity contribution is -0.385. The molecular formula is C17H19N3O6. The van der Waals surface area contributed by atoms with Gasteiger partial charge < -0.3 is 9.47 Å². The molecule has 2 rings (SSSR count). The van der Waals surface area contributed by atoms with Crippen LogP contribution in [0.15, 0.2) is 40.6 Å². The topological polar surface area (TPSA) is 120 Å². The number of allylic oxidation sites excluding steroid dienone is 1. The van der Waals surface area contributed by atoms with Crippen LogP contribution in [0.1, 0.15) is 32.3 Å². The molecular weight excluding hydrogens is 342 g/mol. The summed E-state index contributed by atoms with van der Waals surface area (Å²) in [6.45, 7) is 5.07. The van der Waals surface area contributed by atoms with Crippen molar-refractivity contribution in [2.45, 2.75) is 26.7 Å². The maximum Gasteiger partial charge on any atom is 0.355 e. The van der Waals surface area contributed by atoms with Crippen molar-refractivity contribution >= 4 is 23.3 Å². The van der Waals surface area contributed by atoms with Crippen LogP contribution in [0.2, 0.25) is 0 Å². The summed E-state index contributed by atoms with van der Waals surface area (Å²) in [7, 11) is 0. The number of hydrogen-bond donors (Lipinski definition) is 1. The lowest BCUT2D eigenvalue weighted by atomic mass is 9.84. The molecule has 1 unspecified atom stereocenters. The maximum absolute atomic E-state index is 12.5. The molecule has 0 bridgehead atoms. The Morgan fingerprint density at radius 3 is 2.42 bits per heavy atom. The highest BCUT2D eigenvalue weighted by Gasteiger charge is 2.40. The van der Waals surface area contributed by atoms with E-state index in [1.807, 2.05) is 0 Å². The first kappa shape index (κ1) is 19.1. The molecule has 138 valence electrons. The molecule has 0 saturated heterocycles. The van der Waals surface area contributed by atoms with Gasteiger partial charge in [-0.05, 0) is 20.8 Å². The van der Waals surface area contributed by atoms with Gasteiger partial charge in [0.1, 0.15) is 0 Å². The second kappa shape index (κ2) is 8.24. The van der Waals surface area contributed by atoms with Crippen molar-refractivity contribution in [1.82, 2.24) is 5.43 Å². The van der Waals surface area contributed by atoms with Crippen molar-refractivity contribution in [3.05, 3.63) is 51.2 Å². The molecule has 0 saturated carbocycles. The molecule has 1 aliphatic rings. The fourth-order valence-corrected chi connectivity index (χ4v) is 2.67. The van der Waals surface area contributed by atoms with E-state index in [0.29, 0.717) is 5.70 Å². The van der Waals surface area contributed by atoms with Gasteiger partial charge in [0.15, 0.2) is 5.71 Å². The van der Waals surface area contributed by atoms with E-state index in [1.54, 1.807) is 26.8 Å². The lowest BCUT2D eigenvalue weighted by Crippen LogP contribution is -2.36. The number of hydrazone groups is 1. The van der Waals surface area contributed by atoms with Gasteiger partial charge in [-0.15, -0.1) is 0 Å². The Balaban J connectivity index is 2.66. The summed E-state index contributed by atoms with van der Waals surface area (Å²) in [5.74, 6) is -2.52. The van der Waals surface area contributed by atoms with Crippen molar-refractivity contribution in [2.24, 2.45) is 5.10 Å². The van der Waals surface area contributed by atoms with Crippen LogP contribution in [-0.4, -0.2) is 35.8 Å². The van der Waals surface area contributed by atoms with Crippen LogP contribution < -0.4 is 5.43 Å². The number of benzene rings is 1. The van der Waals surface area contributed by atoms with E-state index in [9.17, 15) is 19.7 Å². The summed E-state index contributed by atoms with van der Waals surface area (Å²) < 4.78 is 10.1. The molecule has 0 fully saturated rings. The highest BCUT2D eigenvalue weighted by atomic mass is 16.6. The number of nitro benzene ring substituents is 1. The Hall–Kier alpha value is -3.23. The first-order valence-electron chi connectivity index (χ1n) is 8.04. The largest absolute Gasteiger partial charge is 0.463 e. The SMILES string of the molecule is CCOC(=O)C1=NNC(C)=C(C(=O)OCC)C1c1ccccc1[N+](=O)[O-]. The third-order valence-electron chi connectivity index (χ3n) is 3.73. The molecule has 1 atom stereocenters. The smallest absolute Gasteiger partial charge is 0.355 e. The first-order chi connectivity index (χ1) is 12.4. The van der Waals surface area contributed by atoms with Gasteiger partial charge in [0.2, 0.25) is 0 Å². The molecule has 1 N–H and O–H groups in total. The van der Waals surface area contributed by atoms with E-state index in [1.165, 1.54) is 18.2 Å². The fraction of sp³-hybridized carbons (Fsp3) is 0.353. The summed E-state index contributed by atoms with van der Waals surface area (Å²) in [6.07, 6.45) is 0. The molecule has 1 heterocycles. The van der Waals surface area contributed by atoms with Crippen molar-refractivity contribution in [2.75, 3.05) is 13.2 Å². The van der Waals surface area contributed by atoms with Gasteiger partial charge >= 0.3 is 11.9 Å². The minimum absolute atomic E-state index is 0.0826. The van der Waals surface area contributed by atoms with Gasteiger partial charge in [-0.1, -0.05) is 18.2 Å². The molecule has 1 aliphatic heterocycles. The van der Waals surface area contributed by atoms with E-state index in [0.717, 1.165) is 0 Å². The molecule has 0 aliphatic carbocycles. The van der Waals surface area contributed by atoms with Gasteiger partial charge in [0, 0.05) is 17.3 Å². The monoisotopic (exact) mass is 361 g/mol. The molecule has 1 aromatic rings. The number of nitrogens with zero attached hydrogens (tertiary/aromatic N) is 2. The minimum Gasteiger partial charge on any atom is -0.463 e. The van der Waals surface area contributed by atoms with Crippen LogP contribution >= 0.6 is 0 Å². The number of carbonyl (C=O) groups is 2. The van der Waals surface area contributed by atoms with Gasteiger partial charge in [-0.3, -0.25) is 15.5 Å². The Kier molecular flexibility index (Phi) is 6.05. The number of carbonyl (C=O) groups excluding carboxylic acids is 2. The number of rotatable bonds is 6. The average molecular weight is 361 g/mol. The average Bonchev–Trinajstić information content (AvgIpc) is 2.61. The Labute approximate surface area is 149 Å². The Morgan fingerprint density at radius 1 is 1.19 bits per heavy atom.